The minimum absolute atomic E-state index is 0.137. The number of amides is 2. The Labute approximate surface area is 227 Å². The van der Waals surface area contributed by atoms with E-state index in [1.165, 1.54) is 26.0 Å². The number of ether oxygens (including phenoxy) is 2. The number of nitrogens with zero attached hydrogens (tertiary/aromatic N) is 2. The maximum atomic E-state index is 12.6. The van der Waals surface area contributed by atoms with E-state index >= 15 is 0 Å². The Morgan fingerprint density at radius 1 is 0.769 bits per heavy atom. The number of carbonyl (C=O) groups is 2. The van der Waals surface area contributed by atoms with Crippen molar-refractivity contribution in [3.63, 3.8) is 0 Å². The van der Waals surface area contributed by atoms with Crippen LogP contribution in [-0.4, -0.2) is 33.4 Å². The van der Waals surface area contributed by atoms with Gasteiger partial charge >= 0.3 is 24.5 Å². The monoisotopic (exact) mass is 588 g/mol. The Bertz CT molecular complexity index is 1110. The zero-order chi connectivity index (χ0) is 31.0. The molecule has 8 nitrogen and oxygen atoms in total. The van der Waals surface area contributed by atoms with Crippen molar-refractivity contribution < 1.29 is 45.4 Å². The van der Waals surface area contributed by atoms with Gasteiger partial charge in [0.15, 0.2) is 0 Å². The first kappa shape index (κ1) is 35.7. The zero-order valence-corrected chi connectivity index (χ0v) is 23.3. The Balaban J connectivity index is 0.000000616. The van der Waals surface area contributed by atoms with E-state index in [-0.39, 0.29) is 11.0 Å². The first-order chi connectivity index (χ1) is 17.3. The summed E-state index contributed by atoms with van der Waals surface area (Å²) in [5.74, 6) is -0.193. The number of nitrogens with one attached hydrogen (secondary N) is 1. The summed E-state index contributed by atoms with van der Waals surface area (Å²) in [6, 6.07) is 4.56. The Morgan fingerprint density at radius 2 is 1.18 bits per heavy atom. The van der Waals surface area contributed by atoms with Crippen molar-refractivity contribution in [1.82, 2.24) is 9.97 Å². The quantitative estimate of drug-likeness (QED) is 0.260. The number of hydrogen-bond donors (Lipinski definition) is 2. The third-order valence-electron chi connectivity index (χ3n) is 3.52. The van der Waals surface area contributed by atoms with Crippen LogP contribution in [0, 0.1) is 13.8 Å². The molecule has 2 aromatic heterocycles. The molecule has 3 N–H and O–H groups in total. The molecular weight excluding hydrogens is 558 g/mol. The van der Waals surface area contributed by atoms with Crippen LogP contribution in [0.25, 0.3) is 0 Å². The standard InChI is InChI=1S/C12H15F3N2O2.C7H5ClF3N.C5H11NO2/c1-7-5-8(12(13,14)15)16-9(6-7)17-10(18)19-11(2,3)4;1-4-2-5(7(9,10)11)12-6(8)3-4;1-5(2,3)8-4(6)7/h5-6H,1-4H3,(H,16,17,18);2-3H,1H3;1-3H3,(H2,6,7). The van der Waals surface area contributed by atoms with Crippen molar-refractivity contribution in [2.75, 3.05) is 5.32 Å². The van der Waals surface area contributed by atoms with E-state index in [4.69, 9.17) is 22.1 Å². The van der Waals surface area contributed by atoms with Gasteiger partial charge in [-0.1, -0.05) is 11.6 Å². The molecule has 220 valence electrons. The molecule has 0 atom stereocenters. The predicted octanol–water partition coefficient (Wildman–Crippen LogP) is 7.70. The van der Waals surface area contributed by atoms with Crippen molar-refractivity contribution in [3.8, 4) is 0 Å². The SMILES string of the molecule is CC(C)(C)OC(N)=O.Cc1cc(Cl)nc(C(F)(F)F)c1.Cc1cc(NC(=O)OC(C)(C)C)nc(C(F)(F)F)c1. The molecule has 2 heterocycles. The van der Waals surface area contributed by atoms with E-state index in [0.717, 1.165) is 12.1 Å². The van der Waals surface area contributed by atoms with Crippen molar-refractivity contribution in [1.29, 1.82) is 0 Å². The van der Waals surface area contributed by atoms with Gasteiger partial charge in [0.1, 0.15) is 33.6 Å². The maximum Gasteiger partial charge on any atom is 0.433 e. The fourth-order valence-electron chi connectivity index (χ4n) is 2.36. The van der Waals surface area contributed by atoms with E-state index in [1.54, 1.807) is 41.5 Å². The average Bonchev–Trinajstić information content (AvgIpc) is 2.62. The van der Waals surface area contributed by atoms with Crippen molar-refractivity contribution in [2.24, 2.45) is 5.73 Å². The third kappa shape index (κ3) is 17.0. The Kier molecular flexibility index (Phi) is 12.5. The highest BCUT2D eigenvalue weighted by Crippen LogP contribution is 2.30. The molecule has 0 saturated carbocycles. The van der Waals surface area contributed by atoms with E-state index in [2.05, 4.69) is 20.0 Å². The van der Waals surface area contributed by atoms with Crippen LogP contribution < -0.4 is 11.1 Å². The van der Waals surface area contributed by atoms with E-state index in [9.17, 15) is 35.9 Å². The summed E-state index contributed by atoms with van der Waals surface area (Å²) < 4.78 is 83.2. The molecule has 0 aromatic carbocycles. The first-order valence-corrected chi connectivity index (χ1v) is 11.4. The van der Waals surface area contributed by atoms with Gasteiger partial charge in [-0.25, -0.2) is 19.6 Å². The molecule has 2 amide bonds. The molecule has 2 aromatic rings. The lowest BCUT2D eigenvalue weighted by atomic mass is 10.2. The van der Waals surface area contributed by atoms with Crippen LogP contribution in [0.4, 0.5) is 41.7 Å². The largest absolute Gasteiger partial charge is 0.444 e. The van der Waals surface area contributed by atoms with Crippen LogP contribution in [-0.2, 0) is 21.8 Å². The van der Waals surface area contributed by atoms with Crippen LogP contribution in [0.5, 0.6) is 0 Å². The maximum absolute atomic E-state index is 12.6. The highest BCUT2D eigenvalue weighted by molar-refractivity contribution is 6.29. The summed E-state index contributed by atoms with van der Waals surface area (Å²) >= 11 is 5.35. The number of hydrogen-bond acceptors (Lipinski definition) is 6. The number of primary amides is 1. The highest BCUT2D eigenvalue weighted by atomic mass is 35.5. The number of halogens is 7. The number of nitrogens with two attached hydrogens (primary N) is 1. The number of pyridine rings is 2. The summed E-state index contributed by atoms with van der Waals surface area (Å²) in [5.41, 5.74) is 2.31. The number of anilines is 1. The molecule has 0 spiro atoms. The first-order valence-electron chi connectivity index (χ1n) is 11.0. The molecule has 2 rings (SSSR count). The second-order valence-electron chi connectivity index (χ2n) is 9.92. The lowest BCUT2D eigenvalue weighted by molar-refractivity contribution is -0.141. The van der Waals surface area contributed by atoms with E-state index in [0.29, 0.717) is 11.1 Å². The molecule has 0 unspecified atom stereocenters. The number of alkyl halides is 6. The normalized spacial score (nSPS) is 11.8. The van der Waals surface area contributed by atoms with Crippen LogP contribution in [0.3, 0.4) is 0 Å². The number of aryl methyl sites for hydroxylation is 2. The van der Waals surface area contributed by atoms with Gasteiger partial charge in [-0.05, 0) is 90.8 Å². The summed E-state index contributed by atoms with van der Waals surface area (Å²) in [5, 5.41) is 2.04. The van der Waals surface area contributed by atoms with Gasteiger partial charge < -0.3 is 15.2 Å². The van der Waals surface area contributed by atoms with E-state index < -0.39 is 47.1 Å². The second-order valence-corrected chi connectivity index (χ2v) is 10.3. The molecule has 0 radical (unpaired) electrons. The van der Waals surface area contributed by atoms with Gasteiger partial charge in [-0.2, -0.15) is 26.3 Å². The Hall–Kier alpha value is -3.29. The summed E-state index contributed by atoms with van der Waals surface area (Å²) in [4.78, 5) is 27.9. The minimum Gasteiger partial charge on any atom is -0.444 e. The summed E-state index contributed by atoms with van der Waals surface area (Å²) in [7, 11) is 0. The number of carbonyl (C=O) groups excluding carboxylic acids is 2. The van der Waals surface area contributed by atoms with Crippen molar-refractivity contribution in [2.45, 2.75) is 78.9 Å². The lowest BCUT2D eigenvalue weighted by Gasteiger charge is -2.19. The van der Waals surface area contributed by atoms with Crippen LogP contribution >= 0.6 is 11.6 Å². The van der Waals surface area contributed by atoms with E-state index in [1.807, 2.05) is 0 Å². The molecule has 0 bridgehead atoms. The second kappa shape index (κ2) is 13.7. The van der Waals surface area contributed by atoms with Crippen LogP contribution in [0.15, 0.2) is 24.3 Å². The molecule has 0 fully saturated rings. The average molecular weight is 589 g/mol. The smallest absolute Gasteiger partial charge is 0.433 e. The van der Waals surface area contributed by atoms with Gasteiger partial charge in [0.25, 0.3) is 0 Å². The Morgan fingerprint density at radius 3 is 1.51 bits per heavy atom. The molecule has 0 aliphatic carbocycles. The van der Waals surface area contributed by atoms with Gasteiger partial charge in [-0.3, -0.25) is 5.32 Å². The van der Waals surface area contributed by atoms with Gasteiger partial charge in [0, 0.05) is 0 Å². The molecule has 15 heteroatoms. The molecule has 0 saturated heterocycles. The zero-order valence-electron chi connectivity index (χ0n) is 22.6. The molecule has 39 heavy (non-hydrogen) atoms. The number of aromatic nitrogens is 2. The van der Waals surface area contributed by atoms with Crippen LogP contribution in [0.2, 0.25) is 5.15 Å². The molecule has 0 aliphatic heterocycles. The fraction of sp³-hybridized carbons (Fsp3) is 0.500. The third-order valence-corrected chi connectivity index (χ3v) is 3.72. The number of rotatable bonds is 1. The fourth-order valence-corrected chi connectivity index (χ4v) is 2.62. The molecular formula is C24H31ClF6N4O4. The van der Waals surface area contributed by atoms with Crippen molar-refractivity contribution >= 4 is 29.6 Å². The summed E-state index contributed by atoms with van der Waals surface area (Å²) in [6.07, 6.45) is -10.6. The van der Waals surface area contributed by atoms with Gasteiger partial charge in [-0.15, -0.1) is 0 Å². The van der Waals surface area contributed by atoms with Gasteiger partial charge in [0.05, 0.1) is 0 Å². The van der Waals surface area contributed by atoms with Gasteiger partial charge in [0.2, 0.25) is 0 Å². The molecule has 0 aliphatic rings. The predicted molar refractivity (Wildman–Crippen MR) is 133 cm³/mol. The minimum atomic E-state index is -4.56. The summed E-state index contributed by atoms with van der Waals surface area (Å²) in [6.45, 7) is 13.2. The lowest BCUT2D eigenvalue weighted by Crippen LogP contribution is -2.27. The van der Waals surface area contributed by atoms with Crippen LogP contribution in [0.1, 0.15) is 64.1 Å². The van der Waals surface area contributed by atoms with Crippen molar-refractivity contribution in [3.05, 3.63) is 51.9 Å². The topological polar surface area (TPSA) is 116 Å². The highest BCUT2D eigenvalue weighted by Gasteiger charge is 2.33.